The number of benzene rings is 1. The molecule has 1 amide bonds. The molecule has 0 radical (unpaired) electrons. The molecule has 1 aliphatic heterocycles. The first-order valence-corrected chi connectivity index (χ1v) is 9.09. The Balaban J connectivity index is 1.95. The van der Waals surface area contributed by atoms with Gasteiger partial charge in [0.05, 0.1) is 16.8 Å². The second kappa shape index (κ2) is 6.31. The highest BCUT2D eigenvalue weighted by molar-refractivity contribution is 8.00. The topological polar surface area (TPSA) is 63.2 Å². The first-order chi connectivity index (χ1) is 9.77. The lowest BCUT2D eigenvalue weighted by atomic mass is 10.2. The molecule has 8 heteroatoms. The largest absolute Gasteiger partial charge is 0.351 e. The lowest BCUT2D eigenvalue weighted by molar-refractivity contribution is -0.120. The number of sulfone groups is 1. The third-order valence-electron chi connectivity index (χ3n) is 3.15. The molecule has 1 saturated heterocycles. The maximum Gasteiger partial charge on any atom is 0.233 e. The zero-order valence-corrected chi connectivity index (χ0v) is 12.9. The van der Waals surface area contributed by atoms with E-state index in [4.69, 9.17) is 0 Å². The maximum atomic E-state index is 13.5. The van der Waals surface area contributed by atoms with Crippen LogP contribution in [-0.4, -0.2) is 37.1 Å². The quantitative estimate of drug-likeness (QED) is 0.852. The Labute approximate surface area is 126 Å². The van der Waals surface area contributed by atoms with Gasteiger partial charge in [0.15, 0.2) is 9.84 Å². The second-order valence-corrected chi connectivity index (χ2v) is 8.55. The van der Waals surface area contributed by atoms with Gasteiger partial charge in [-0.25, -0.2) is 17.2 Å². The highest BCUT2D eigenvalue weighted by Gasteiger charge is 2.30. The molecule has 0 spiro atoms. The summed E-state index contributed by atoms with van der Waals surface area (Å²) >= 11 is 0.899. The van der Waals surface area contributed by atoms with Crippen molar-refractivity contribution >= 4 is 27.5 Å². The van der Waals surface area contributed by atoms with Gasteiger partial charge in [-0.2, -0.15) is 0 Å². The van der Waals surface area contributed by atoms with Crippen LogP contribution in [0.3, 0.4) is 0 Å². The van der Waals surface area contributed by atoms with Crippen molar-refractivity contribution in [2.75, 3.05) is 11.5 Å². The molecule has 1 fully saturated rings. The molecule has 2 unspecified atom stereocenters. The van der Waals surface area contributed by atoms with Gasteiger partial charge in [0.1, 0.15) is 11.6 Å². The Morgan fingerprint density at radius 3 is 2.76 bits per heavy atom. The summed E-state index contributed by atoms with van der Waals surface area (Å²) in [6.45, 7) is 1.56. The number of carbonyl (C=O) groups excluding carboxylic acids is 1. The zero-order chi connectivity index (χ0) is 15.6. The fourth-order valence-corrected chi connectivity index (χ4v) is 4.63. The first kappa shape index (κ1) is 16.2. The van der Waals surface area contributed by atoms with E-state index in [1.54, 1.807) is 6.92 Å². The van der Waals surface area contributed by atoms with Crippen molar-refractivity contribution < 1.29 is 22.0 Å². The van der Waals surface area contributed by atoms with Gasteiger partial charge in [-0.05, 0) is 31.5 Å². The highest BCUT2D eigenvalue weighted by Crippen LogP contribution is 2.27. The lowest BCUT2D eigenvalue weighted by Gasteiger charge is -2.16. The van der Waals surface area contributed by atoms with E-state index in [1.807, 2.05) is 0 Å². The summed E-state index contributed by atoms with van der Waals surface area (Å²) in [6, 6.07) is 2.64. The van der Waals surface area contributed by atoms with Crippen LogP contribution in [0.2, 0.25) is 0 Å². The van der Waals surface area contributed by atoms with E-state index in [-0.39, 0.29) is 22.3 Å². The van der Waals surface area contributed by atoms with Gasteiger partial charge >= 0.3 is 0 Å². The van der Waals surface area contributed by atoms with Crippen LogP contribution in [0.5, 0.6) is 0 Å². The Hall–Kier alpha value is -1.15. The summed E-state index contributed by atoms with van der Waals surface area (Å²) in [6.07, 6.45) is 0.389. The molecule has 1 N–H and O–H groups in total. The van der Waals surface area contributed by atoms with Gasteiger partial charge < -0.3 is 5.32 Å². The first-order valence-electron chi connectivity index (χ1n) is 6.39. The fraction of sp³-hybridized carbons (Fsp3) is 0.462. The summed E-state index contributed by atoms with van der Waals surface area (Å²) < 4.78 is 49.2. The number of hydrogen-bond acceptors (Lipinski definition) is 4. The summed E-state index contributed by atoms with van der Waals surface area (Å²) in [7, 11) is -3.07. The Kier molecular flexibility index (Phi) is 4.88. The summed E-state index contributed by atoms with van der Waals surface area (Å²) in [5.74, 6) is -1.55. The minimum absolute atomic E-state index is 0.0525. The average Bonchev–Trinajstić information content (AvgIpc) is 2.73. The summed E-state index contributed by atoms with van der Waals surface area (Å²) in [4.78, 5) is 12.0. The third kappa shape index (κ3) is 4.41. The number of halogens is 2. The SMILES string of the molecule is CC(Sc1cc(F)ccc1F)C(=O)NC1CCS(=O)(=O)C1. The number of nitrogens with one attached hydrogen (secondary N) is 1. The van der Waals surface area contributed by atoms with Crippen LogP contribution in [0.4, 0.5) is 8.78 Å². The van der Waals surface area contributed by atoms with Crippen LogP contribution >= 0.6 is 11.8 Å². The number of carbonyl (C=O) groups is 1. The smallest absolute Gasteiger partial charge is 0.233 e. The van der Waals surface area contributed by atoms with Gasteiger partial charge in [-0.1, -0.05) is 0 Å². The molecule has 116 valence electrons. The summed E-state index contributed by atoms with van der Waals surface area (Å²) in [5, 5.41) is 1.98. The Bertz CT molecular complexity index is 649. The molecule has 2 rings (SSSR count). The van der Waals surface area contributed by atoms with E-state index in [0.717, 1.165) is 30.0 Å². The molecule has 0 saturated carbocycles. The van der Waals surface area contributed by atoms with E-state index < -0.39 is 32.8 Å². The fourth-order valence-electron chi connectivity index (χ4n) is 2.04. The van der Waals surface area contributed by atoms with E-state index in [0.29, 0.717) is 6.42 Å². The molecule has 1 aliphatic rings. The van der Waals surface area contributed by atoms with Crippen molar-refractivity contribution in [1.29, 1.82) is 0 Å². The predicted octanol–water partition coefficient (Wildman–Crippen LogP) is 1.75. The third-order valence-corrected chi connectivity index (χ3v) is 6.05. The molecule has 1 heterocycles. The van der Waals surface area contributed by atoms with E-state index in [2.05, 4.69) is 5.32 Å². The molecule has 21 heavy (non-hydrogen) atoms. The van der Waals surface area contributed by atoms with Gasteiger partial charge in [0, 0.05) is 10.9 Å². The van der Waals surface area contributed by atoms with Gasteiger partial charge in [0.25, 0.3) is 0 Å². The molecule has 4 nitrogen and oxygen atoms in total. The average molecular weight is 335 g/mol. The highest BCUT2D eigenvalue weighted by atomic mass is 32.2. The number of thioether (sulfide) groups is 1. The molecule has 0 aliphatic carbocycles. The number of rotatable bonds is 4. The molecule has 1 aromatic rings. The molecule has 0 aromatic heterocycles. The van der Waals surface area contributed by atoms with Gasteiger partial charge in [-0.3, -0.25) is 4.79 Å². The van der Waals surface area contributed by atoms with Gasteiger partial charge in [0.2, 0.25) is 5.91 Å². The molecular formula is C13H15F2NO3S2. The standard InChI is InChI=1S/C13H15F2NO3S2/c1-8(20-12-6-9(14)2-3-11(12)15)13(17)16-10-4-5-21(18,19)7-10/h2-3,6,8,10H,4-5,7H2,1H3,(H,16,17). The van der Waals surface area contributed by atoms with Crippen LogP contribution in [-0.2, 0) is 14.6 Å². The summed E-state index contributed by atoms with van der Waals surface area (Å²) in [5.41, 5.74) is 0. The van der Waals surface area contributed by atoms with Crippen LogP contribution in [0.15, 0.2) is 23.1 Å². The molecule has 2 atom stereocenters. The Morgan fingerprint density at radius 2 is 2.14 bits per heavy atom. The van der Waals surface area contributed by atoms with Crippen LogP contribution in [0.25, 0.3) is 0 Å². The monoisotopic (exact) mass is 335 g/mol. The van der Waals surface area contributed by atoms with Crippen molar-refractivity contribution in [2.24, 2.45) is 0 Å². The zero-order valence-electron chi connectivity index (χ0n) is 11.3. The Morgan fingerprint density at radius 1 is 1.43 bits per heavy atom. The minimum atomic E-state index is -3.07. The normalized spacial score (nSPS) is 22.0. The van der Waals surface area contributed by atoms with Crippen molar-refractivity contribution in [3.8, 4) is 0 Å². The van der Waals surface area contributed by atoms with Crippen molar-refractivity contribution in [2.45, 2.75) is 29.5 Å². The second-order valence-electron chi connectivity index (χ2n) is 4.94. The van der Waals surface area contributed by atoms with E-state index in [1.165, 1.54) is 0 Å². The number of hydrogen-bond donors (Lipinski definition) is 1. The lowest BCUT2D eigenvalue weighted by Crippen LogP contribution is -2.39. The van der Waals surface area contributed by atoms with Crippen LogP contribution in [0.1, 0.15) is 13.3 Å². The predicted molar refractivity (Wildman–Crippen MR) is 76.9 cm³/mol. The molecular weight excluding hydrogens is 320 g/mol. The van der Waals surface area contributed by atoms with Crippen molar-refractivity contribution in [3.63, 3.8) is 0 Å². The van der Waals surface area contributed by atoms with Crippen molar-refractivity contribution in [1.82, 2.24) is 5.32 Å². The molecule has 1 aromatic carbocycles. The molecule has 0 bridgehead atoms. The van der Waals surface area contributed by atoms with E-state index >= 15 is 0 Å². The van der Waals surface area contributed by atoms with Crippen molar-refractivity contribution in [3.05, 3.63) is 29.8 Å². The minimum Gasteiger partial charge on any atom is -0.351 e. The van der Waals surface area contributed by atoms with E-state index in [9.17, 15) is 22.0 Å². The number of amides is 1. The van der Waals surface area contributed by atoms with Crippen LogP contribution in [0, 0.1) is 11.6 Å². The van der Waals surface area contributed by atoms with Gasteiger partial charge in [-0.15, -0.1) is 11.8 Å². The maximum absolute atomic E-state index is 13.5. The van der Waals surface area contributed by atoms with Crippen LogP contribution < -0.4 is 5.32 Å².